The smallest absolute Gasteiger partial charge is 0.440 e. The second-order valence-corrected chi connectivity index (χ2v) is 13.0. The number of H-pyrrole nitrogens is 4. The summed E-state index contributed by atoms with van der Waals surface area (Å²) in [4.78, 5) is 80.0. The summed E-state index contributed by atoms with van der Waals surface area (Å²) >= 11 is 0. The molecule has 0 aliphatic carbocycles. The van der Waals surface area contributed by atoms with Gasteiger partial charge in [-0.05, 0) is 46.3 Å². The Morgan fingerprint density at radius 1 is 0.500 bits per heavy atom. The van der Waals surface area contributed by atoms with E-state index in [2.05, 4.69) is 79.4 Å². The van der Waals surface area contributed by atoms with E-state index in [1.807, 2.05) is 18.9 Å². The minimum Gasteiger partial charge on any atom is -0.464 e. The van der Waals surface area contributed by atoms with Crippen LogP contribution in [0.2, 0.25) is 0 Å². The van der Waals surface area contributed by atoms with Gasteiger partial charge in [0, 0.05) is 49.4 Å². The van der Waals surface area contributed by atoms with Crippen LogP contribution in [0.4, 0.5) is 23.8 Å². The highest BCUT2D eigenvalue weighted by molar-refractivity contribution is 5.75. The van der Waals surface area contributed by atoms with Crippen LogP contribution in [0.25, 0.3) is 0 Å². The molecule has 4 aromatic heterocycles. The van der Waals surface area contributed by atoms with E-state index in [-0.39, 0.29) is 43.5 Å². The number of ether oxygens (including phenoxy) is 2. The maximum absolute atomic E-state index is 11.7. The Morgan fingerprint density at radius 3 is 1.18 bits per heavy atom. The lowest BCUT2D eigenvalue weighted by Crippen LogP contribution is -2.28. The Kier molecular flexibility index (Phi) is 21.7. The molecule has 0 saturated carbocycles. The molecule has 0 radical (unpaired) electrons. The zero-order chi connectivity index (χ0) is 49.7. The van der Waals surface area contributed by atoms with Crippen molar-refractivity contribution in [2.45, 2.75) is 105 Å². The molecular weight excluding hydrogens is 792 g/mol. The monoisotopic (exact) mass is 863 g/mol. The van der Waals surface area contributed by atoms with Gasteiger partial charge in [0.05, 0.1) is 13.2 Å². The zero-order valence-corrected chi connectivity index (χ0v) is 35.2. The molecule has 0 spiro atoms. The summed E-state index contributed by atoms with van der Waals surface area (Å²) < 4.78 is 70.9. The van der Waals surface area contributed by atoms with Gasteiger partial charge in [0.25, 0.3) is 0 Å². The summed E-state index contributed by atoms with van der Waals surface area (Å²) in [6.07, 6.45) is 12.2. The van der Waals surface area contributed by atoms with E-state index in [0.717, 1.165) is 62.8 Å². The van der Waals surface area contributed by atoms with Crippen LogP contribution < -0.4 is 42.6 Å². The largest absolute Gasteiger partial charge is 0.464 e. The van der Waals surface area contributed by atoms with Crippen molar-refractivity contribution in [3.05, 3.63) is 42.2 Å². The molecule has 0 amide bonds. The third kappa shape index (κ3) is 23.3. The van der Waals surface area contributed by atoms with Crippen molar-refractivity contribution < 1.29 is 45.4 Å². The van der Waals surface area contributed by atoms with Crippen LogP contribution in [-0.4, -0.2) is 120 Å². The van der Waals surface area contributed by atoms with Crippen molar-refractivity contribution in [3.8, 4) is 0 Å². The minimum atomic E-state index is -2.65. The number of anilines is 4. The van der Waals surface area contributed by atoms with E-state index in [9.17, 15) is 28.8 Å². The van der Waals surface area contributed by atoms with E-state index in [4.69, 9.17) is 17.7 Å². The van der Waals surface area contributed by atoms with Gasteiger partial charge in [-0.15, -0.1) is 0 Å². The summed E-state index contributed by atoms with van der Waals surface area (Å²) in [5, 5.41) is 13.6. The fourth-order valence-corrected chi connectivity index (χ4v) is 4.57. The number of carbonyl (C=O) groups is 2. The molecule has 0 bridgehead atoms. The number of carbonyl (C=O) groups excluding carboxylic acids is 2. The van der Waals surface area contributed by atoms with Gasteiger partial charge in [0.2, 0.25) is 23.8 Å². The average Bonchev–Trinajstić information content (AvgIpc) is 4.08. The Balaban J connectivity index is 0.000000453. The summed E-state index contributed by atoms with van der Waals surface area (Å²) in [7, 11) is 3.47. The van der Waals surface area contributed by atoms with Crippen molar-refractivity contribution in [1.29, 1.82) is 0 Å². The molecule has 0 unspecified atom stereocenters. The molecule has 4 heterocycles. The third-order valence-corrected chi connectivity index (χ3v) is 7.63. The average molecular weight is 863 g/mol. The molecular formula is C36H64N12O12. The Labute approximate surface area is 355 Å². The molecule has 0 fully saturated rings. The number of esters is 2. The van der Waals surface area contributed by atoms with Gasteiger partial charge >= 0.3 is 35.0 Å². The number of unbranched alkanes of at least 4 members (excludes halogenated alkanes) is 8. The van der Waals surface area contributed by atoms with E-state index < -0.39 is 49.5 Å². The molecule has 4 N–H and O–H groups in total. The van der Waals surface area contributed by atoms with Crippen molar-refractivity contribution in [2.75, 3.05) is 87.0 Å². The molecule has 0 aliphatic heterocycles. The molecule has 0 saturated heterocycles. The highest BCUT2D eigenvalue weighted by Gasteiger charge is 2.13. The predicted octanol–water partition coefficient (Wildman–Crippen LogP) is 3.04. The number of rotatable bonds is 24. The number of hydrogen-bond donors (Lipinski definition) is 4. The van der Waals surface area contributed by atoms with E-state index in [0.29, 0.717) is 23.9 Å². The molecule has 4 aromatic rings. The topological polar surface area (TPSA) is 301 Å². The second-order valence-electron chi connectivity index (χ2n) is 13.0. The van der Waals surface area contributed by atoms with Gasteiger partial charge in [-0.2, -0.15) is 0 Å². The molecule has 0 aromatic carbocycles. The van der Waals surface area contributed by atoms with Gasteiger partial charge in [0.1, 0.15) is 13.1 Å². The number of aromatic amines is 4. The van der Waals surface area contributed by atoms with Gasteiger partial charge in [-0.1, -0.05) is 79.1 Å². The van der Waals surface area contributed by atoms with Crippen LogP contribution in [0, 0.1) is 0 Å². The molecule has 0 aliphatic rings. The van der Waals surface area contributed by atoms with Gasteiger partial charge in [-0.25, -0.2) is 19.2 Å². The minimum absolute atomic E-state index is 0.0252. The first kappa shape index (κ1) is 42.0. The number of nitrogens with zero attached hydrogens (tertiary/aromatic N) is 8. The number of nitrogens with one attached hydrogen (secondary N) is 4. The molecule has 340 valence electrons. The van der Waals surface area contributed by atoms with Crippen molar-refractivity contribution >= 4 is 35.7 Å². The summed E-state index contributed by atoms with van der Waals surface area (Å²) in [6, 6.07) is 0. The number of likely N-dealkylation sites (N-methyl/N-ethyl adjacent to an activating group) is 2. The van der Waals surface area contributed by atoms with Crippen LogP contribution in [0.1, 0.15) is 113 Å². The third-order valence-electron chi connectivity index (χ3n) is 7.63. The Bertz CT molecular complexity index is 2140. The highest BCUT2D eigenvalue weighted by Crippen LogP contribution is 2.06. The number of aromatic nitrogens is 8. The van der Waals surface area contributed by atoms with Gasteiger partial charge < -0.3 is 29.1 Å². The summed E-state index contributed by atoms with van der Waals surface area (Å²) in [5.74, 6) is -3.55. The van der Waals surface area contributed by atoms with Crippen LogP contribution in [0.5, 0.6) is 0 Å². The lowest BCUT2D eigenvalue weighted by Gasteiger charge is -2.13. The summed E-state index contributed by atoms with van der Waals surface area (Å²) in [6.45, 7) is 4.45. The van der Waals surface area contributed by atoms with Crippen LogP contribution >= 0.6 is 0 Å². The van der Waals surface area contributed by atoms with Crippen LogP contribution in [0.3, 0.4) is 0 Å². The quantitative estimate of drug-likeness (QED) is 0.0581. The predicted molar refractivity (Wildman–Crippen MR) is 222 cm³/mol. The maximum atomic E-state index is 11.7. The number of hydrogen-bond acceptors (Lipinski definition) is 20. The first-order valence-corrected chi connectivity index (χ1v) is 19.7. The first-order chi connectivity index (χ1) is 31.2. The van der Waals surface area contributed by atoms with Crippen molar-refractivity contribution in [3.63, 3.8) is 0 Å². The summed E-state index contributed by atoms with van der Waals surface area (Å²) in [5.41, 5.74) is 0. The van der Waals surface area contributed by atoms with Crippen LogP contribution in [0.15, 0.2) is 37.3 Å². The molecule has 0 atom stereocenters. The molecule has 60 heavy (non-hydrogen) atoms. The SMILES string of the molecule is CCCCCCCOC(=O)CN(C)c1noc(=O)[nH]1.CCCN(C)c1noc(=O)[nH]1.[2H]C([2H])([2H])N(CC(=O)OCCCCCCC)c1noc(=O)[nH]1.[2H]C([2H])([2H])N(CCC)c1noc(=O)[nH]1. The van der Waals surface area contributed by atoms with Crippen molar-refractivity contribution in [1.82, 2.24) is 40.6 Å². The normalized spacial score (nSPS) is 12.2. The highest BCUT2D eigenvalue weighted by atomic mass is 16.5. The Hall–Kier alpha value is -6.10. The lowest BCUT2D eigenvalue weighted by molar-refractivity contribution is -0.143. The van der Waals surface area contributed by atoms with Crippen LogP contribution in [-0.2, 0) is 19.1 Å². The first-order valence-electron chi connectivity index (χ1n) is 22.7. The lowest BCUT2D eigenvalue weighted by atomic mass is 10.2. The standard InChI is InChI=1S/2C12H21N3O4.2C6H11N3O2/c2*1-3-4-5-6-7-8-18-10(16)9-15(2)11-13-12(17)19-14-11;2*1-3-4-9(2)5-7-6(10)11-8-5/h2*3-9H2,1-2H3,(H,13,14,17);2*3-4H2,1-2H3,(H,7,8,10)/i2D3;;2D3;. The zero-order valence-electron chi connectivity index (χ0n) is 41.2. The van der Waals surface area contributed by atoms with E-state index in [1.54, 1.807) is 7.05 Å². The molecule has 24 nitrogen and oxygen atoms in total. The van der Waals surface area contributed by atoms with Crippen molar-refractivity contribution in [2.24, 2.45) is 0 Å². The van der Waals surface area contributed by atoms with Gasteiger partial charge in [0.15, 0.2) is 0 Å². The maximum Gasteiger partial charge on any atom is 0.440 e. The van der Waals surface area contributed by atoms with E-state index >= 15 is 0 Å². The molecule has 4 rings (SSSR count). The van der Waals surface area contributed by atoms with Gasteiger partial charge in [-0.3, -0.25) is 47.6 Å². The molecule has 24 heteroatoms. The fourth-order valence-electron chi connectivity index (χ4n) is 4.57. The fraction of sp³-hybridized carbons (Fsp3) is 0.722. The Morgan fingerprint density at radius 2 is 0.833 bits per heavy atom. The second kappa shape index (κ2) is 30.9. The van der Waals surface area contributed by atoms with E-state index in [1.165, 1.54) is 24.2 Å².